The summed E-state index contributed by atoms with van der Waals surface area (Å²) in [4.78, 5) is 0. The highest BCUT2D eigenvalue weighted by Crippen LogP contribution is 2.18. The second-order valence-corrected chi connectivity index (χ2v) is 4.51. The zero-order valence-corrected chi connectivity index (χ0v) is 11.8. The molecule has 19 heavy (non-hydrogen) atoms. The number of hydrogen-bond donors (Lipinski definition) is 1. The van der Waals surface area contributed by atoms with Crippen molar-refractivity contribution in [3.8, 4) is 5.75 Å². The van der Waals surface area contributed by atoms with Gasteiger partial charge in [0.05, 0.1) is 12.8 Å². The zero-order valence-electron chi connectivity index (χ0n) is 11.8. The van der Waals surface area contributed by atoms with E-state index in [1.54, 1.807) is 7.11 Å². The average molecular weight is 259 g/mol. The number of aromatic nitrogens is 2. The monoisotopic (exact) mass is 259 g/mol. The molecule has 0 spiro atoms. The standard InChI is InChI=1S/C15H21N3O/c1-4-18-10-9-14(17-18)12(2)16-11-13-7-5-6-8-15(13)19-3/h5-10,12,16H,4,11H2,1-3H3. The summed E-state index contributed by atoms with van der Waals surface area (Å²) in [5, 5.41) is 7.98. The minimum atomic E-state index is 0.220. The molecule has 1 aromatic carbocycles. The molecule has 0 bridgehead atoms. The molecule has 0 fully saturated rings. The molecule has 0 aliphatic rings. The number of aryl methyl sites for hydroxylation is 1. The molecule has 0 aliphatic heterocycles. The minimum absolute atomic E-state index is 0.220. The Morgan fingerprint density at radius 2 is 2.11 bits per heavy atom. The lowest BCUT2D eigenvalue weighted by Crippen LogP contribution is -2.19. The van der Waals surface area contributed by atoms with Crippen molar-refractivity contribution in [1.29, 1.82) is 0 Å². The summed E-state index contributed by atoms with van der Waals surface area (Å²) < 4.78 is 7.29. The van der Waals surface area contributed by atoms with Gasteiger partial charge in [-0.05, 0) is 26.0 Å². The van der Waals surface area contributed by atoms with Crippen molar-refractivity contribution >= 4 is 0 Å². The van der Waals surface area contributed by atoms with Crippen LogP contribution in [0.25, 0.3) is 0 Å². The smallest absolute Gasteiger partial charge is 0.123 e. The van der Waals surface area contributed by atoms with Crippen molar-refractivity contribution < 1.29 is 4.74 Å². The summed E-state index contributed by atoms with van der Waals surface area (Å²) >= 11 is 0. The number of hydrogen-bond acceptors (Lipinski definition) is 3. The number of nitrogens with zero attached hydrogens (tertiary/aromatic N) is 2. The summed E-state index contributed by atoms with van der Waals surface area (Å²) in [5.74, 6) is 0.918. The van der Waals surface area contributed by atoms with Crippen molar-refractivity contribution in [3.63, 3.8) is 0 Å². The number of benzene rings is 1. The Labute approximate surface area is 114 Å². The molecule has 1 aromatic heterocycles. The second kappa shape index (κ2) is 6.38. The van der Waals surface area contributed by atoms with Crippen LogP contribution in [0.4, 0.5) is 0 Å². The predicted molar refractivity (Wildman–Crippen MR) is 76.1 cm³/mol. The Bertz CT molecular complexity index is 522. The highest BCUT2D eigenvalue weighted by molar-refractivity contribution is 5.33. The van der Waals surface area contributed by atoms with Gasteiger partial charge >= 0.3 is 0 Å². The molecule has 0 amide bonds. The molecule has 0 aliphatic carbocycles. The third kappa shape index (κ3) is 3.35. The molecular formula is C15H21N3O. The first kappa shape index (κ1) is 13.6. The van der Waals surface area contributed by atoms with E-state index < -0.39 is 0 Å². The largest absolute Gasteiger partial charge is 0.496 e. The maximum absolute atomic E-state index is 5.35. The Hall–Kier alpha value is -1.81. The molecular weight excluding hydrogens is 238 g/mol. The molecule has 2 aromatic rings. The molecule has 1 atom stereocenters. The second-order valence-electron chi connectivity index (χ2n) is 4.51. The number of methoxy groups -OCH3 is 1. The van der Waals surface area contributed by atoms with E-state index in [-0.39, 0.29) is 6.04 Å². The van der Waals surface area contributed by atoms with E-state index in [0.717, 1.165) is 30.1 Å². The summed E-state index contributed by atoms with van der Waals surface area (Å²) in [5.41, 5.74) is 2.23. The number of nitrogens with one attached hydrogen (secondary N) is 1. The third-order valence-electron chi connectivity index (χ3n) is 3.22. The Morgan fingerprint density at radius 1 is 1.32 bits per heavy atom. The number of ether oxygens (including phenoxy) is 1. The van der Waals surface area contributed by atoms with E-state index in [1.807, 2.05) is 29.1 Å². The fraction of sp³-hybridized carbons (Fsp3) is 0.400. The van der Waals surface area contributed by atoms with Crippen molar-refractivity contribution in [2.45, 2.75) is 33.0 Å². The van der Waals surface area contributed by atoms with Crippen LogP contribution >= 0.6 is 0 Å². The Morgan fingerprint density at radius 3 is 2.79 bits per heavy atom. The SMILES string of the molecule is CCn1ccc(C(C)NCc2ccccc2OC)n1. The van der Waals surface area contributed by atoms with Crippen LogP contribution in [0.5, 0.6) is 5.75 Å². The molecule has 1 N–H and O–H groups in total. The highest BCUT2D eigenvalue weighted by atomic mass is 16.5. The van der Waals surface area contributed by atoms with Crippen LogP contribution in [0.2, 0.25) is 0 Å². The van der Waals surface area contributed by atoms with E-state index in [0.29, 0.717) is 0 Å². The summed E-state index contributed by atoms with van der Waals surface area (Å²) in [6, 6.07) is 10.3. The molecule has 4 heteroatoms. The van der Waals surface area contributed by atoms with Crippen molar-refractivity contribution in [2.24, 2.45) is 0 Å². The molecule has 2 rings (SSSR count). The van der Waals surface area contributed by atoms with Crippen LogP contribution in [-0.4, -0.2) is 16.9 Å². The molecule has 0 saturated carbocycles. The van der Waals surface area contributed by atoms with Gasteiger partial charge in [-0.1, -0.05) is 18.2 Å². The van der Waals surface area contributed by atoms with E-state index in [1.165, 1.54) is 0 Å². The lowest BCUT2D eigenvalue weighted by molar-refractivity contribution is 0.405. The van der Waals surface area contributed by atoms with Crippen LogP contribution in [0.1, 0.15) is 31.1 Å². The van der Waals surface area contributed by atoms with Crippen LogP contribution < -0.4 is 10.1 Å². The Kier molecular flexibility index (Phi) is 4.58. The first-order valence-electron chi connectivity index (χ1n) is 6.63. The molecule has 4 nitrogen and oxygen atoms in total. The molecule has 102 valence electrons. The van der Waals surface area contributed by atoms with Gasteiger partial charge in [-0.15, -0.1) is 0 Å². The first-order chi connectivity index (χ1) is 9.24. The lowest BCUT2D eigenvalue weighted by atomic mass is 10.1. The van der Waals surface area contributed by atoms with Crippen molar-refractivity contribution in [3.05, 3.63) is 47.8 Å². The number of para-hydroxylation sites is 1. The molecule has 0 saturated heterocycles. The van der Waals surface area contributed by atoms with Gasteiger partial charge in [-0.25, -0.2) is 0 Å². The third-order valence-corrected chi connectivity index (χ3v) is 3.22. The predicted octanol–water partition coefficient (Wildman–Crippen LogP) is 2.76. The summed E-state index contributed by atoms with van der Waals surface area (Å²) in [6.07, 6.45) is 2.01. The number of rotatable bonds is 6. The van der Waals surface area contributed by atoms with Gasteiger partial charge in [-0.2, -0.15) is 5.10 Å². The van der Waals surface area contributed by atoms with Crippen molar-refractivity contribution in [2.75, 3.05) is 7.11 Å². The average Bonchev–Trinajstić information content (AvgIpc) is 2.94. The van der Waals surface area contributed by atoms with Crippen LogP contribution in [0.3, 0.4) is 0 Å². The maximum atomic E-state index is 5.35. The van der Waals surface area contributed by atoms with Gasteiger partial charge in [0, 0.05) is 30.9 Å². The molecule has 0 radical (unpaired) electrons. The molecule has 1 unspecified atom stereocenters. The Balaban J connectivity index is 1.98. The quantitative estimate of drug-likeness (QED) is 0.867. The fourth-order valence-electron chi connectivity index (χ4n) is 2.00. The van der Waals surface area contributed by atoms with Gasteiger partial charge in [0.25, 0.3) is 0 Å². The van der Waals surface area contributed by atoms with Gasteiger partial charge < -0.3 is 10.1 Å². The summed E-state index contributed by atoms with van der Waals surface area (Å²) in [7, 11) is 1.70. The van der Waals surface area contributed by atoms with E-state index in [4.69, 9.17) is 4.74 Å². The molecule has 1 heterocycles. The van der Waals surface area contributed by atoms with Crippen LogP contribution in [0, 0.1) is 0 Å². The van der Waals surface area contributed by atoms with E-state index in [2.05, 4.69) is 36.4 Å². The maximum Gasteiger partial charge on any atom is 0.123 e. The topological polar surface area (TPSA) is 39.1 Å². The van der Waals surface area contributed by atoms with E-state index in [9.17, 15) is 0 Å². The van der Waals surface area contributed by atoms with E-state index >= 15 is 0 Å². The van der Waals surface area contributed by atoms with Crippen LogP contribution in [0.15, 0.2) is 36.5 Å². The first-order valence-corrected chi connectivity index (χ1v) is 6.63. The minimum Gasteiger partial charge on any atom is -0.496 e. The zero-order chi connectivity index (χ0) is 13.7. The lowest BCUT2D eigenvalue weighted by Gasteiger charge is -2.13. The van der Waals surface area contributed by atoms with Crippen molar-refractivity contribution in [1.82, 2.24) is 15.1 Å². The van der Waals surface area contributed by atoms with Crippen LogP contribution in [-0.2, 0) is 13.1 Å². The highest BCUT2D eigenvalue weighted by Gasteiger charge is 2.09. The van der Waals surface area contributed by atoms with Gasteiger partial charge in [0.2, 0.25) is 0 Å². The van der Waals surface area contributed by atoms with Gasteiger partial charge in [-0.3, -0.25) is 4.68 Å². The summed E-state index contributed by atoms with van der Waals surface area (Å²) in [6.45, 7) is 5.88. The van der Waals surface area contributed by atoms with Gasteiger partial charge in [0.15, 0.2) is 0 Å². The normalized spacial score (nSPS) is 12.4. The van der Waals surface area contributed by atoms with Gasteiger partial charge in [0.1, 0.15) is 5.75 Å². The fourth-order valence-corrected chi connectivity index (χ4v) is 2.00.